The second-order valence-electron chi connectivity index (χ2n) is 7.38. The van der Waals surface area contributed by atoms with Crippen molar-refractivity contribution >= 4 is 46.6 Å². The molecule has 4 N–H and O–H groups in total. The zero-order valence-electron chi connectivity index (χ0n) is 15.5. The summed E-state index contributed by atoms with van der Waals surface area (Å²) < 4.78 is 0. The highest BCUT2D eigenvalue weighted by Crippen LogP contribution is 2.43. The maximum Gasteiger partial charge on any atom is 0.142 e. The molecule has 7 heteroatoms. The van der Waals surface area contributed by atoms with Crippen molar-refractivity contribution in [3.05, 3.63) is 57.6 Å². The van der Waals surface area contributed by atoms with E-state index in [9.17, 15) is 0 Å². The summed E-state index contributed by atoms with van der Waals surface area (Å²) in [5.41, 5.74) is 10.1. The van der Waals surface area contributed by atoms with Gasteiger partial charge in [-0.1, -0.05) is 60.7 Å². The van der Waals surface area contributed by atoms with E-state index >= 15 is 0 Å². The van der Waals surface area contributed by atoms with E-state index in [1.165, 1.54) is 12.6 Å². The minimum Gasteiger partial charge on any atom is -0.371 e. The van der Waals surface area contributed by atoms with Crippen molar-refractivity contribution in [1.29, 1.82) is 5.41 Å². The van der Waals surface area contributed by atoms with Crippen molar-refractivity contribution in [3.63, 3.8) is 0 Å². The van der Waals surface area contributed by atoms with Crippen LogP contribution in [0.2, 0.25) is 10.0 Å². The summed E-state index contributed by atoms with van der Waals surface area (Å²) in [6.07, 6.45) is 6.95. The summed E-state index contributed by atoms with van der Waals surface area (Å²) in [7, 11) is 0. The Bertz CT molecular complexity index is 919. The normalized spacial score (nSPS) is 17.4. The van der Waals surface area contributed by atoms with Crippen LogP contribution in [0, 0.1) is 5.41 Å². The Morgan fingerprint density at radius 2 is 1.89 bits per heavy atom. The minimum atomic E-state index is -0.216. The van der Waals surface area contributed by atoms with Crippen molar-refractivity contribution in [2.75, 3.05) is 5.32 Å². The van der Waals surface area contributed by atoms with Gasteiger partial charge in [-0.3, -0.25) is 0 Å². The zero-order valence-corrected chi connectivity index (χ0v) is 17.0. The van der Waals surface area contributed by atoms with E-state index in [1.54, 1.807) is 6.07 Å². The lowest BCUT2D eigenvalue weighted by Gasteiger charge is -2.42. The van der Waals surface area contributed by atoms with Gasteiger partial charge in [0.2, 0.25) is 0 Å². The van der Waals surface area contributed by atoms with Gasteiger partial charge in [-0.15, -0.1) is 0 Å². The number of aliphatic imine (C=N–C) groups is 1. The van der Waals surface area contributed by atoms with Crippen LogP contribution in [0.4, 0.5) is 11.4 Å². The molecule has 0 unspecified atom stereocenters. The van der Waals surface area contributed by atoms with Gasteiger partial charge in [0, 0.05) is 12.8 Å². The van der Waals surface area contributed by atoms with Crippen LogP contribution in [0.1, 0.15) is 43.2 Å². The van der Waals surface area contributed by atoms with Crippen molar-refractivity contribution in [2.45, 2.75) is 44.2 Å². The first kappa shape index (κ1) is 19.2. The van der Waals surface area contributed by atoms with Crippen LogP contribution in [0.5, 0.6) is 0 Å². The van der Waals surface area contributed by atoms with E-state index < -0.39 is 0 Å². The molecule has 2 aliphatic rings. The zero-order chi connectivity index (χ0) is 19.6. The predicted molar refractivity (Wildman–Crippen MR) is 117 cm³/mol. The Kier molecular flexibility index (Phi) is 5.58. The van der Waals surface area contributed by atoms with E-state index in [1.807, 2.05) is 30.3 Å². The number of halogens is 2. The van der Waals surface area contributed by atoms with E-state index in [2.05, 4.69) is 16.2 Å². The number of nitrogens with zero attached hydrogens (tertiary/aromatic N) is 1. The summed E-state index contributed by atoms with van der Waals surface area (Å²) >= 11 is 12.4. The lowest BCUT2D eigenvalue weighted by Crippen LogP contribution is -2.57. The summed E-state index contributed by atoms with van der Waals surface area (Å²) in [5.74, 6) is 0.890. The van der Waals surface area contributed by atoms with Gasteiger partial charge in [0.25, 0.3) is 0 Å². The lowest BCUT2D eigenvalue weighted by molar-refractivity contribution is 0.391. The van der Waals surface area contributed by atoms with Gasteiger partial charge >= 0.3 is 0 Å². The van der Waals surface area contributed by atoms with Gasteiger partial charge in [0.1, 0.15) is 5.84 Å². The van der Waals surface area contributed by atoms with E-state index in [0.29, 0.717) is 16.6 Å². The minimum absolute atomic E-state index is 0.216. The third-order valence-electron chi connectivity index (χ3n) is 5.42. The van der Waals surface area contributed by atoms with Gasteiger partial charge in [0.15, 0.2) is 0 Å². The molecule has 2 aromatic rings. The van der Waals surface area contributed by atoms with Crippen LogP contribution < -0.4 is 16.2 Å². The van der Waals surface area contributed by atoms with Gasteiger partial charge in [-0.25, -0.2) is 10.4 Å². The second kappa shape index (κ2) is 8.11. The van der Waals surface area contributed by atoms with Gasteiger partial charge in [0.05, 0.1) is 27.0 Å². The molecular weight excluding hydrogens is 393 g/mol. The second-order valence-corrected chi connectivity index (χ2v) is 8.19. The average molecular weight is 416 g/mol. The molecule has 0 atom stereocenters. The smallest absolute Gasteiger partial charge is 0.142 e. The Morgan fingerprint density at radius 3 is 2.68 bits per heavy atom. The average Bonchev–Trinajstić information content (AvgIpc) is 2.71. The first-order chi connectivity index (χ1) is 13.6. The van der Waals surface area contributed by atoms with Gasteiger partial charge < -0.3 is 16.2 Å². The number of hydrazine groups is 1. The highest BCUT2D eigenvalue weighted by atomic mass is 35.5. The summed E-state index contributed by atoms with van der Waals surface area (Å²) in [5, 5.41) is 12.1. The van der Waals surface area contributed by atoms with Crippen LogP contribution in [0.15, 0.2) is 41.4 Å². The summed E-state index contributed by atoms with van der Waals surface area (Å²) in [6.45, 7) is 0.630. The molecule has 1 heterocycles. The van der Waals surface area contributed by atoms with Crippen molar-refractivity contribution in [1.82, 2.24) is 10.9 Å². The van der Waals surface area contributed by atoms with Crippen molar-refractivity contribution in [2.24, 2.45) is 4.99 Å². The van der Waals surface area contributed by atoms with Crippen LogP contribution in [-0.4, -0.2) is 17.6 Å². The first-order valence-corrected chi connectivity index (χ1v) is 10.3. The number of hydrogen-bond acceptors (Lipinski definition) is 5. The summed E-state index contributed by atoms with van der Waals surface area (Å²) in [4.78, 5) is 4.89. The topological polar surface area (TPSA) is 72.3 Å². The molecule has 1 spiro atoms. The number of anilines is 1. The molecule has 0 aromatic heterocycles. The van der Waals surface area contributed by atoms with Gasteiger partial charge in [-0.05, 0) is 42.2 Å². The fourth-order valence-electron chi connectivity index (χ4n) is 3.96. The largest absolute Gasteiger partial charge is 0.371 e. The third kappa shape index (κ3) is 3.88. The lowest BCUT2D eigenvalue weighted by atomic mass is 9.79. The van der Waals surface area contributed by atoms with Crippen LogP contribution in [0.25, 0.3) is 0 Å². The molecular formula is C21H23Cl2N5. The number of fused-ring (bicyclic) bond motifs is 1. The van der Waals surface area contributed by atoms with Gasteiger partial charge in [-0.2, -0.15) is 0 Å². The Labute approximate surface area is 175 Å². The van der Waals surface area contributed by atoms with E-state index in [4.69, 9.17) is 33.6 Å². The molecule has 5 nitrogen and oxygen atoms in total. The Balaban J connectivity index is 1.56. The number of amidine groups is 1. The van der Waals surface area contributed by atoms with Crippen LogP contribution >= 0.6 is 23.2 Å². The van der Waals surface area contributed by atoms with E-state index in [-0.39, 0.29) is 5.54 Å². The standard InChI is InChI=1S/C21H23Cl2N5/c22-16-10-18-19(11-17(16)23)27-21(7-2-1-3-8-21)20(26-18)28-25-13-15-6-4-5-14(9-15)12-24/h4-6,9-12,24-25,27H,1-3,7-8,13H2,(H,26,28). The molecule has 28 heavy (non-hydrogen) atoms. The molecule has 0 saturated heterocycles. The SMILES string of the molecule is N=Cc1cccc(CNNC2=Nc3cc(Cl)c(Cl)cc3NC23CCCCC3)c1. The quantitative estimate of drug-likeness (QED) is 0.396. The van der Waals surface area contributed by atoms with E-state index in [0.717, 1.165) is 54.0 Å². The molecule has 0 radical (unpaired) electrons. The molecule has 0 bridgehead atoms. The number of hydrogen-bond donors (Lipinski definition) is 4. The maximum absolute atomic E-state index is 7.40. The molecule has 1 saturated carbocycles. The van der Waals surface area contributed by atoms with Crippen LogP contribution in [-0.2, 0) is 6.54 Å². The number of rotatable bonds is 4. The molecule has 146 valence electrons. The summed E-state index contributed by atoms with van der Waals surface area (Å²) in [6, 6.07) is 11.6. The molecule has 2 aromatic carbocycles. The fourth-order valence-corrected chi connectivity index (χ4v) is 4.28. The third-order valence-corrected chi connectivity index (χ3v) is 6.14. The first-order valence-electron chi connectivity index (χ1n) is 9.54. The molecule has 4 rings (SSSR count). The van der Waals surface area contributed by atoms with Crippen molar-refractivity contribution < 1.29 is 0 Å². The predicted octanol–water partition coefficient (Wildman–Crippen LogP) is 5.44. The van der Waals surface area contributed by atoms with Crippen LogP contribution in [0.3, 0.4) is 0 Å². The monoisotopic (exact) mass is 415 g/mol. The fraction of sp³-hybridized carbons (Fsp3) is 0.333. The highest BCUT2D eigenvalue weighted by Gasteiger charge is 2.40. The molecule has 1 fully saturated rings. The maximum atomic E-state index is 7.40. The number of benzene rings is 2. The molecule has 1 aliphatic carbocycles. The highest BCUT2D eigenvalue weighted by molar-refractivity contribution is 6.42. The van der Waals surface area contributed by atoms with Crippen molar-refractivity contribution in [3.8, 4) is 0 Å². The molecule has 1 aliphatic heterocycles. The Morgan fingerprint density at radius 1 is 1.11 bits per heavy atom. The Hall–Kier alpha value is -2.08. The number of nitrogens with one attached hydrogen (secondary N) is 4. The molecule has 0 amide bonds.